The Morgan fingerprint density at radius 2 is 1.60 bits per heavy atom. The number of carbonyl (C=O) groups excluding carboxylic acids is 2. The number of carbonyl (C=O) groups is 2. The second kappa shape index (κ2) is 4.26. The first-order chi connectivity index (χ1) is 11.3. The molecule has 1 saturated heterocycles. The van der Waals surface area contributed by atoms with Crippen molar-refractivity contribution < 1.29 is 14.3 Å². The Hall–Kier alpha value is -1.06. The molecule has 3 aliphatic carbocycles. The summed E-state index contributed by atoms with van der Waals surface area (Å²) in [5.74, 6) is -0.268. The van der Waals surface area contributed by atoms with E-state index in [2.05, 4.69) is 33.0 Å². The van der Waals surface area contributed by atoms with Gasteiger partial charge in [-0.25, -0.2) is 0 Å². The molecule has 4 bridgehead atoms. The number of hydrogen-bond donors (Lipinski definition) is 1. The fraction of sp³-hybridized carbons (Fsp3) is 0.905. The average Bonchev–Trinajstić information content (AvgIpc) is 2.94. The zero-order valence-corrected chi connectivity index (χ0v) is 16.8. The van der Waals surface area contributed by atoms with Crippen molar-refractivity contribution in [2.45, 2.75) is 92.2 Å². The van der Waals surface area contributed by atoms with E-state index in [-0.39, 0.29) is 34.2 Å². The summed E-state index contributed by atoms with van der Waals surface area (Å²) in [6.45, 7) is 15.4. The third kappa shape index (κ3) is 1.54. The van der Waals surface area contributed by atoms with Crippen molar-refractivity contribution in [2.24, 2.45) is 27.1 Å². The molecule has 0 aromatic rings. The molecule has 1 heterocycles. The lowest BCUT2D eigenvalue weighted by molar-refractivity contribution is -0.169. The summed E-state index contributed by atoms with van der Waals surface area (Å²) in [6.07, 6.45) is 4.77. The van der Waals surface area contributed by atoms with Crippen LogP contribution in [0.2, 0.25) is 0 Å². The number of ether oxygens (including phenoxy) is 1. The van der Waals surface area contributed by atoms with E-state index in [4.69, 9.17) is 4.74 Å². The van der Waals surface area contributed by atoms with Gasteiger partial charge in [-0.2, -0.15) is 0 Å². The molecule has 140 valence electrons. The zero-order chi connectivity index (χ0) is 18.7. The first-order valence-corrected chi connectivity index (χ1v) is 9.82. The number of esters is 1. The van der Waals surface area contributed by atoms with Crippen molar-refractivity contribution in [3.05, 3.63) is 0 Å². The van der Waals surface area contributed by atoms with Gasteiger partial charge in [0.05, 0.1) is 5.41 Å². The van der Waals surface area contributed by atoms with Crippen molar-refractivity contribution in [1.82, 2.24) is 5.32 Å². The Balaban J connectivity index is 1.64. The maximum absolute atomic E-state index is 13.4. The molecule has 0 spiro atoms. The standard InChI is InChI=1S/C21H33NO3/c1-16(2)18(5)8-9-19(16,6)13(12-18)22-14(23)21-11-10-20(7,15(24)25-21)17(21,3)4/h13H,8-12H2,1-7H3,(H,22,23)/t13-,18-,19?,20?,21-/m1/s1. The van der Waals surface area contributed by atoms with Gasteiger partial charge in [0.2, 0.25) is 0 Å². The van der Waals surface area contributed by atoms with Gasteiger partial charge in [-0.3, -0.25) is 9.59 Å². The Kier molecular flexibility index (Phi) is 2.95. The summed E-state index contributed by atoms with van der Waals surface area (Å²) in [5.41, 5.74) is -1.46. The minimum atomic E-state index is -0.998. The van der Waals surface area contributed by atoms with E-state index in [1.54, 1.807) is 0 Å². The highest BCUT2D eigenvalue weighted by Gasteiger charge is 2.76. The van der Waals surface area contributed by atoms with Crippen LogP contribution in [-0.4, -0.2) is 23.5 Å². The lowest BCUT2D eigenvalue weighted by atomic mass is 9.65. The fourth-order valence-corrected chi connectivity index (χ4v) is 6.73. The normalized spacial score (nSPS) is 51.6. The van der Waals surface area contributed by atoms with Crippen LogP contribution in [-0.2, 0) is 14.3 Å². The molecule has 4 rings (SSSR count). The van der Waals surface area contributed by atoms with Crippen LogP contribution in [0.25, 0.3) is 0 Å². The molecule has 4 nitrogen and oxygen atoms in total. The van der Waals surface area contributed by atoms with Gasteiger partial charge in [0, 0.05) is 11.5 Å². The predicted molar refractivity (Wildman–Crippen MR) is 95.7 cm³/mol. The molecule has 1 aliphatic heterocycles. The summed E-state index contributed by atoms with van der Waals surface area (Å²) in [5, 5.41) is 3.37. The third-order valence-corrected chi connectivity index (χ3v) is 10.3. The van der Waals surface area contributed by atoms with E-state index in [0.717, 1.165) is 19.3 Å². The van der Waals surface area contributed by atoms with Gasteiger partial charge in [0.15, 0.2) is 5.60 Å². The highest BCUT2D eigenvalue weighted by molar-refractivity contribution is 5.96. The van der Waals surface area contributed by atoms with Crippen molar-refractivity contribution in [3.63, 3.8) is 0 Å². The summed E-state index contributed by atoms with van der Waals surface area (Å²) in [6, 6.07) is 0.157. The van der Waals surface area contributed by atoms with E-state index in [9.17, 15) is 9.59 Å². The molecule has 0 radical (unpaired) electrons. The maximum atomic E-state index is 13.4. The van der Waals surface area contributed by atoms with Crippen LogP contribution in [0.4, 0.5) is 0 Å². The van der Waals surface area contributed by atoms with Crippen LogP contribution in [0.3, 0.4) is 0 Å². The first kappa shape index (κ1) is 17.4. The maximum Gasteiger partial charge on any atom is 0.313 e. The molecule has 1 amide bonds. The number of rotatable bonds is 2. The molecule has 4 fully saturated rings. The Morgan fingerprint density at radius 1 is 0.960 bits per heavy atom. The largest absolute Gasteiger partial charge is 0.448 e. The van der Waals surface area contributed by atoms with E-state index in [1.807, 2.05) is 20.8 Å². The monoisotopic (exact) mass is 347 g/mol. The average molecular weight is 347 g/mol. The van der Waals surface area contributed by atoms with Crippen molar-refractivity contribution >= 4 is 11.9 Å². The number of hydrogen-bond acceptors (Lipinski definition) is 3. The Labute approximate surface area is 151 Å². The molecule has 5 atom stereocenters. The van der Waals surface area contributed by atoms with Crippen molar-refractivity contribution in [2.75, 3.05) is 0 Å². The summed E-state index contributed by atoms with van der Waals surface area (Å²) < 4.78 is 5.78. The lowest BCUT2D eigenvalue weighted by Gasteiger charge is -2.42. The smallest absolute Gasteiger partial charge is 0.313 e. The van der Waals surface area contributed by atoms with Crippen LogP contribution in [0.1, 0.15) is 80.6 Å². The molecule has 1 N–H and O–H groups in total. The SMILES string of the molecule is CC12CC[C@](C(=O)N[C@@H]3C[C@@]4(C)CCC3(C)C4(C)C)(OC1=O)C2(C)C. The van der Waals surface area contributed by atoms with Gasteiger partial charge >= 0.3 is 5.97 Å². The van der Waals surface area contributed by atoms with E-state index in [0.29, 0.717) is 6.42 Å². The molecule has 4 heteroatoms. The summed E-state index contributed by atoms with van der Waals surface area (Å²) in [4.78, 5) is 25.9. The van der Waals surface area contributed by atoms with Crippen LogP contribution in [0.15, 0.2) is 0 Å². The fourth-order valence-electron chi connectivity index (χ4n) is 6.73. The molecular formula is C21H33NO3. The second-order valence-corrected chi connectivity index (χ2v) is 11.0. The van der Waals surface area contributed by atoms with Gasteiger partial charge in [-0.1, -0.05) is 41.5 Å². The lowest BCUT2D eigenvalue weighted by Crippen LogP contribution is -2.58. The molecule has 0 aromatic heterocycles. The molecular weight excluding hydrogens is 314 g/mol. The van der Waals surface area contributed by atoms with Crippen LogP contribution in [0.5, 0.6) is 0 Å². The first-order valence-electron chi connectivity index (χ1n) is 9.82. The summed E-state index contributed by atoms with van der Waals surface area (Å²) >= 11 is 0. The quantitative estimate of drug-likeness (QED) is 0.772. The van der Waals surface area contributed by atoms with E-state index < -0.39 is 16.4 Å². The van der Waals surface area contributed by atoms with Crippen molar-refractivity contribution in [1.29, 1.82) is 0 Å². The zero-order valence-electron chi connectivity index (χ0n) is 16.8. The van der Waals surface area contributed by atoms with Crippen LogP contribution >= 0.6 is 0 Å². The topological polar surface area (TPSA) is 55.4 Å². The Bertz CT molecular complexity index is 683. The highest BCUT2D eigenvalue weighted by atomic mass is 16.6. The predicted octanol–water partition coefficient (Wildman–Crippen LogP) is 3.83. The molecule has 2 unspecified atom stereocenters. The molecule has 25 heavy (non-hydrogen) atoms. The number of amides is 1. The van der Waals surface area contributed by atoms with Gasteiger partial charge in [-0.15, -0.1) is 0 Å². The van der Waals surface area contributed by atoms with Crippen LogP contribution in [0, 0.1) is 27.1 Å². The van der Waals surface area contributed by atoms with Crippen molar-refractivity contribution in [3.8, 4) is 0 Å². The van der Waals surface area contributed by atoms with Crippen LogP contribution < -0.4 is 5.32 Å². The number of nitrogens with one attached hydrogen (secondary N) is 1. The minimum Gasteiger partial charge on any atom is -0.448 e. The van der Waals surface area contributed by atoms with E-state index >= 15 is 0 Å². The highest BCUT2D eigenvalue weighted by Crippen LogP contribution is 2.72. The molecule has 0 aromatic carbocycles. The van der Waals surface area contributed by atoms with Gasteiger partial charge in [0.25, 0.3) is 5.91 Å². The van der Waals surface area contributed by atoms with Gasteiger partial charge in [-0.05, 0) is 55.3 Å². The third-order valence-electron chi connectivity index (χ3n) is 10.3. The van der Waals surface area contributed by atoms with E-state index in [1.165, 1.54) is 6.42 Å². The summed E-state index contributed by atoms with van der Waals surface area (Å²) in [7, 11) is 0. The van der Waals surface area contributed by atoms with Gasteiger partial charge in [0.1, 0.15) is 0 Å². The minimum absolute atomic E-state index is 0.0646. The Morgan fingerprint density at radius 3 is 2.00 bits per heavy atom. The van der Waals surface area contributed by atoms with Gasteiger partial charge < -0.3 is 10.1 Å². The molecule has 4 aliphatic rings. The second-order valence-electron chi connectivity index (χ2n) is 11.0. The molecule has 3 saturated carbocycles. The number of fused-ring (bicyclic) bond motifs is 4.